The zero-order valence-electron chi connectivity index (χ0n) is 11.5. The summed E-state index contributed by atoms with van der Waals surface area (Å²) >= 11 is 0. The number of hydrogen-bond acceptors (Lipinski definition) is 3. The first kappa shape index (κ1) is 12.8. The number of benzene rings is 1. The molecule has 2 saturated heterocycles. The van der Waals surface area contributed by atoms with E-state index in [2.05, 4.69) is 4.67 Å². The van der Waals surface area contributed by atoms with E-state index in [1.807, 2.05) is 23.9 Å². The van der Waals surface area contributed by atoms with Crippen molar-refractivity contribution in [1.29, 1.82) is 0 Å². The van der Waals surface area contributed by atoms with Crippen LogP contribution in [0.1, 0.15) is 23.5 Å². The van der Waals surface area contributed by atoms with Gasteiger partial charge in [0, 0.05) is 25.0 Å². The molecule has 1 N–H and O–H groups in total. The molecule has 5 nitrogen and oxygen atoms in total. The number of aromatic hydroxyl groups is 1. The van der Waals surface area contributed by atoms with E-state index in [1.54, 1.807) is 6.07 Å². The van der Waals surface area contributed by atoms with Gasteiger partial charge in [-0.1, -0.05) is 6.07 Å². The lowest BCUT2D eigenvalue weighted by Crippen LogP contribution is -2.45. The average molecular weight is 294 g/mol. The molecule has 0 amide bonds. The van der Waals surface area contributed by atoms with Crippen molar-refractivity contribution < 1.29 is 14.2 Å². The van der Waals surface area contributed by atoms with Gasteiger partial charge in [0.15, 0.2) is 0 Å². The Morgan fingerprint density at radius 3 is 3.10 bits per heavy atom. The van der Waals surface area contributed by atoms with Crippen LogP contribution in [0.5, 0.6) is 5.75 Å². The first-order chi connectivity index (χ1) is 9.59. The maximum Gasteiger partial charge on any atom is 0.346 e. The minimum Gasteiger partial charge on any atom is -0.508 e. The molecule has 3 atom stereocenters. The maximum atomic E-state index is 12.9. The van der Waals surface area contributed by atoms with Crippen LogP contribution in [-0.2, 0) is 15.5 Å². The maximum absolute atomic E-state index is 12.9. The molecule has 1 aliphatic carbocycles. The summed E-state index contributed by atoms with van der Waals surface area (Å²) in [5, 5.41) is 9.62. The molecule has 3 aliphatic rings. The number of nitrogens with zero attached hydrogens (tertiary/aromatic N) is 2. The van der Waals surface area contributed by atoms with Gasteiger partial charge in [-0.15, -0.1) is 0 Å². The first-order valence-corrected chi connectivity index (χ1v) is 8.68. The third kappa shape index (κ3) is 1.64. The van der Waals surface area contributed by atoms with Crippen LogP contribution in [0.25, 0.3) is 0 Å². The standard InChI is InChI=1S/C14H19N2O3P/c1-15-6-7-16-14-5-2-10-8-11(17)3-4-12(10)13(14)9-19-20(15,16)18/h3-4,8,13-14,17H,2,5-7,9H2,1H3. The van der Waals surface area contributed by atoms with Crippen LogP contribution >= 0.6 is 7.67 Å². The number of aryl methyl sites for hydroxylation is 1. The second-order valence-electron chi connectivity index (χ2n) is 5.93. The van der Waals surface area contributed by atoms with E-state index in [0.29, 0.717) is 18.4 Å². The Morgan fingerprint density at radius 2 is 2.25 bits per heavy atom. The Bertz CT molecular complexity index is 606. The topological polar surface area (TPSA) is 53.0 Å². The zero-order chi connectivity index (χ0) is 13.9. The first-order valence-electron chi connectivity index (χ1n) is 7.15. The molecule has 0 aromatic heterocycles. The molecule has 4 rings (SSSR count). The Morgan fingerprint density at radius 1 is 1.40 bits per heavy atom. The summed E-state index contributed by atoms with van der Waals surface area (Å²) < 4.78 is 22.7. The normalized spacial score (nSPS) is 37.2. The Kier molecular flexibility index (Phi) is 2.77. The largest absolute Gasteiger partial charge is 0.508 e. The van der Waals surface area contributed by atoms with Gasteiger partial charge < -0.3 is 9.63 Å². The number of phenolic OH excluding ortho intramolecular Hbond substituents is 1. The molecule has 20 heavy (non-hydrogen) atoms. The van der Waals surface area contributed by atoms with Crippen LogP contribution in [0.3, 0.4) is 0 Å². The molecule has 108 valence electrons. The van der Waals surface area contributed by atoms with Crippen molar-refractivity contribution in [3.8, 4) is 5.75 Å². The molecule has 0 saturated carbocycles. The van der Waals surface area contributed by atoms with Gasteiger partial charge in [0.1, 0.15) is 5.75 Å². The van der Waals surface area contributed by atoms with Crippen LogP contribution in [0, 0.1) is 0 Å². The van der Waals surface area contributed by atoms with Gasteiger partial charge in [-0.3, -0.25) is 4.57 Å². The van der Waals surface area contributed by atoms with Gasteiger partial charge in [-0.2, -0.15) is 0 Å². The van der Waals surface area contributed by atoms with Crippen molar-refractivity contribution in [2.45, 2.75) is 24.8 Å². The van der Waals surface area contributed by atoms with Crippen molar-refractivity contribution >= 4 is 7.67 Å². The van der Waals surface area contributed by atoms with E-state index in [0.717, 1.165) is 25.9 Å². The third-order valence-corrected chi connectivity index (χ3v) is 7.61. The summed E-state index contributed by atoms with van der Waals surface area (Å²) in [5.74, 6) is 0.596. The van der Waals surface area contributed by atoms with Crippen molar-refractivity contribution in [2.24, 2.45) is 0 Å². The van der Waals surface area contributed by atoms with Gasteiger partial charge in [-0.25, -0.2) is 9.34 Å². The molecule has 0 bridgehead atoms. The predicted octanol–water partition coefficient (Wildman–Crippen LogP) is 2.18. The van der Waals surface area contributed by atoms with E-state index in [1.165, 1.54) is 11.1 Å². The quantitative estimate of drug-likeness (QED) is 0.743. The second-order valence-corrected chi connectivity index (χ2v) is 8.36. The highest BCUT2D eigenvalue weighted by molar-refractivity contribution is 7.54. The van der Waals surface area contributed by atoms with Crippen LogP contribution < -0.4 is 0 Å². The predicted molar refractivity (Wildman–Crippen MR) is 75.9 cm³/mol. The lowest BCUT2D eigenvalue weighted by Gasteiger charge is -2.45. The van der Waals surface area contributed by atoms with Gasteiger partial charge in [0.25, 0.3) is 0 Å². The number of phenols is 1. The van der Waals surface area contributed by atoms with Gasteiger partial charge in [0.05, 0.1) is 6.61 Å². The Labute approximate surface area is 118 Å². The number of likely N-dealkylation sites (N-methyl/N-ethyl adjacent to an activating group) is 1. The van der Waals surface area contributed by atoms with Crippen molar-refractivity contribution in [3.63, 3.8) is 0 Å². The minimum absolute atomic E-state index is 0.271. The summed E-state index contributed by atoms with van der Waals surface area (Å²) in [6.45, 7) is 2.14. The lowest BCUT2D eigenvalue weighted by atomic mass is 9.79. The van der Waals surface area contributed by atoms with Gasteiger partial charge >= 0.3 is 7.67 Å². The molecule has 6 heteroatoms. The molecular weight excluding hydrogens is 275 g/mol. The third-order valence-electron chi connectivity index (χ3n) is 4.91. The molecule has 1 aromatic carbocycles. The smallest absolute Gasteiger partial charge is 0.346 e. The van der Waals surface area contributed by atoms with Gasteiger partial charge in [0.2, 0.25) is 0 Å². The molecule has 0 radical (unpaired) electrons. The summed E-state index contributed by atoms with van der Waals surface area (Å²) in [5.41, 5.74) is 2.46. The fourth-order valence-corrected chi connectivity index (χ4v) is 6.27. The van der Waals surface area contributed by atoms with Crippen LogP contribution in [-0.4, -0.2) is 47.2 Å². The summed E-state index contributed by atoms with van der Waals surface area (Å²) in [4.78, 5) is 0. The van der Waals surface area contributed by atoms with E-state index in [9.17, 15) is 9.67 Å². The highest BCUT2D eigenvalue weighted by atomic mass is 31.2. The van der Waals surface area contributed by atoms with Crippen LogP contribution in [0.4, 0.5) is 0 Å². The van der Waals surface area contributed by atoms with Crippen LogP contribution in [0.15, 0.2) is 18.2 Å². The lowest BCUT2D eigenvalue weighted by molar-refractivity contribution is 0.128. The number of fused-ring (bicyclic) bond motifs is 5. The second kappa shape index (κ2) is 4.31. The minimum atomic E-state index is -2.76. The molecule has 2 fully saturated rings. The van der Waals surface area contributed by atoms with Crippen molar-refractivity contribution in [1.82, 2.24) is 9.34 Å². The van der Waals surface area contributed by atoms with Gasteiger partial charge in [-0.05, 0) is 43.1 Å². The number of rotatable bonds is 0. The van der Waals surface area contributed by atoms with Crippen LogP contribution in [0.2, 0.25) is 0 Å². The molecule has 0 spiro atoms. The average Bonchev–Trinajstić information content (AvgIpc) is 2.74. The highest BCUT2D eigenvalue weighted by Gasteiger charge is 2.52. The van der Waals surface area contributed by atoms with Crippen molar-refractivity contribution in [3.05, 3.63) is 29.3 Å². The SMILES string of the molecule is CN1CCN2C3CCc4cc(O)ccc4C3COP12=O. The highest BCUT2D eigenvalue weighted by Crippen LogP contribution is 2.63. The summed E-state index contributed by atoms with van der Waals surface area (Å²) in [7, 11) is -0.874. The van der Waals surface area contributed by atoms with E-state index in [-0.39, 0.29) is 5.92 Å². The molecule has 2 aliphatic heterocycles. The summed E-state index contributed by atoms with van der Waals surface area (Å²) in [6.07, 6.45) is 1.92. The van der Waals surface area contributed by atoms with E-state index >= 15 is 0 Å². The van der Waals surface area contributed by atoms with Crippen molar-refractivity contribution in [2.75, 3.05) is 26.7 Å². The fraction of sp³-hybridized carbons (Fsp3) is 0.571. The monoisotopic (exact) mass is 294 g/mol. The van der Waals surface area contributed by atoms with E-state index < -0.39 is 7.67 Å². The van der Waals surface area contributed by atoms with E-state index in [4.69, 9.17) is 4.52 Å². The molecular formula is C14H19N2O3P. The molecule has 1 aromatic rings. The molecule has 2 heterocycles. The summed E-state index contributed by atoms with van der Waals surface area (Å²) in [6, 6.07) is 5.90. The zero-order valence-corrected chi connectivity index (χ0v) is 12.4. The Balaban J connectivity index is 1.73. The fourth-order valence-electron chi connectivity index (χ4n) is 3.84. The Hall–Kier alpha value is -0.870. The molecule has 3 unspecified atom stereocenters. The number of hydrogen-bond donors (Lipinski definition) is 1.